The highest BCUT2D eigenvalue weighted by atomic mass is 19.4. The number of nitrogens with two attached hydrogens (primary N) is 2. The Morgan fingerprint density at radius 1 is 1.30 bits per heavy atom. The summed E-state index contributed by atoms with van der Waals surface area (Å²) in [5, 5.41) is 14.5. The number of carbonyl (C=O) groups excluding carboxylic acids is 2. The molecule has 0 aliphatic heterocycles. The first-order valence-electron chi connectivity index (χ1n) is 9.33. The smallest absolute Gasteiger partial charge is 0.416 e. The van der Waals surface area contributed by atoms with Crippen LogP contribution in [0.2, 0.25) is 0 Å². The van der Waals surface area contributed by atoms with E-state index in [1.165, 1.54) is 13.2 Å². The van der Waals surface area contributed by atoms with Crippen molar-refractivity contribution in [3.63, 3.8) is 0 Å². The fourth-order valence-electron chi connectivity index (χ4n) is 2.71. The molecular weight excluding hydrogens is 447 g/mol. The minimum absolute atomic E-state index is 0.0230. The standard InChI is InChI=1S/C19H20F3N7O4/c1-32-16-12(9-23)14(28-17(24)29-16)27-13(6-3-7-33-18(25)31)15(30)26-11-5-2-4-10(8-11)19(20,21)22/h2,4-5,8,13H,3,6-7H2,1H3,(H2,25,31)(H,26,30)(H3,24,27,28,29)/t13-/m0/s1. The number of primary amides is 1. The molecule has 2 aromatic rings. The molecule has 14 heteroatoms. The minimum atomic E-state index is -4.60. The molecule has 0 radical (unpaired) electrons. The van der Waals surface area contributed by atoms with Crippen LogP contribution in [-0.2, 0) is 15.7 Å². The first-order valence-corrected chi connectivity index (χ1v) is 9.33. The van der Waals surface area contributed by atoms with Crippen molar-refractivity contribution in [2.45, 2.75) is 25.1 Å². The van der Waals surface area contributed by atoms with Gasteiger partial charge >= 0.3 is 12.3 Å². The number of nitrogens with one attached hydrogen (secondary N) is 2. The average molecular weight is 467 g/mol. The Hall–Kier alpha value is -4.28. The number of ether oxygens (including phenoxy) is 2. The predicted octanol–water partition coefficient (Wildman–Crippen LogP) is 2.25. The molecule has 0 saturated carbocycles. The molecule has 0 unspecified atom stereocenters. The van der Waals surface area contributed by atoms with Crippen molar-refractivity contribution in [1.29, 1.82) is 5.26 Å². The Balaban J connectivity index is 2.29. The summed E-state index contributed by atoms with van der Waals surface area (Å²) in [6, 6.07) is 4.78. The van der Waals surface area contributed by atoms with E-state index in [2.05, 4.69) is 25.3 Å². The molecule has 6 N–H and O–H groups in total. The van der Waals surface area contributed by atoms with Gasteiger partial charge in [0.1, 0.15) is 12.1 Å². The molecule has 1 atom stereocenters. The van der Waals surface area contributed by atoms with E-state index in [4.69, 9.17) is 16.2 Å². The van der Waals surface area contributed by atoms with Gasteiger partial charge in [0, 0.05) is 5.69 Å². The third-order valence-electron chi connectivity index (χ3n) is 4.16. The molecule has 0 aliphatic rings. The lowest BCUT2D eigenvalue weighted by atomic mass is 10.1. The normalized spacial score (nSPS) is 11.7. The molecule has 176 valence electrons. The topological polar surface area (TPSA) is 178 Å². The molecule has 0 bridgehead atoms. The lowest BCUT2D eigenvalue weighted by molar-refractivity contribution is -0.137. The zero-order chi connectivity index (χ0) is 24.6. The van der Waals surface area contributed by atoms with Gasteiger partial charge in [0.05, 0.1) is 19.3 Å². The van der Waals surface area contributed by atoms with Crippen molar-refractivity contribution in [3.8, 4) is 11.9 Å². The largest absolute Gasteiger partial charge is 0.480 e. The Morgan fingerprint density at radius 3 is 2.64 bits per heavy atom. The number of aromatic nitrogens is 2. The van der Waals surface area contributed by atoms with Crippen LogP contribution in [0.25, 0.3) is 0 Å². The van der Waals surface area contributed by atoms with E-state index in [0.29, 0.717) is 0 Å². The molecule has 2 rings (SSSR count). The second-order valence-electron chi connectivity index (χ2n) is 6.50. The fourth-order valence-corrected chi connectivity index (χ4v) is 2.71. The van der Waals surface area contributed by atoms with Crippen molar-refractivity contribution >= 4 is 29.5 Å². The van der Waals surface area contributed by atoms with Crippen molar-refractivity contribution in [1.82, 2.24) is 9.97 Å². The van der Waals surface area contributed by atoms with E-state index in [-0.39, 0.29) is 48.3 Å². The molecular formula is C19H20F3N7O4. The molecule has 1 aromatic heterocycles. The number of amides is 2. The third-order valence-corrected chi connectivity index (χ3v) is 4.16. The summed E-state index contributed by atoms with van der Waals surface area (Å²) < 4.78 is 48.5. The summed E-state index contributed by atoms with van der Waals surface area (Å²) in [6.45, 7) is -0.120. The second kappa shape index (κ2) is 10.8. The molecule has 0 spiro atoms. The third kappa shape index (κ3) is 7.13. The molecule has 1 heterocycles. The second-order valence-corrected chi connectivity index (χ2v) is 6.50. The molecule has 1 aromatic carbocycles. The fraction of sp³-hybridized carbons (Fsp3) is 0.316. The van der Waals surface area contributed by atoms with Crippen LogP contribution in [0.5, 0.6) is 5.88 Å². The van der Waals surface area contributed by atoms with Gasteiger partial charge in [-0.1, -0.05) is 6.07 Å². The Bertz CT molecular complexity index is 1060. The molecule has 0 saturated heterocycles. The summed E-state index contributed by atoms with van der Waals surface area (Å²) in [6.07, 6.45) is -5.43. The number of nitriles is 1. The van der Waals surface area contributed by atoms with Gasteiger partial charge in [-0.2, -0.15) is 28.4 Å². The molecule has 33 heavy (non-hydrogen) atoms. The maximum absolute atomic E-state index is 13.0. The Labute approximate surface area is 185 Å². The van der Waals surface area contributed by atoms with E-state index in [9.17, 15) is 28.0 Å². The van der Waals surface area contributed by atoms with Crippen LogP contribution >= 0.6 is 0 Å². The summed E-state index contributed by atoms with van der Waals surface area (Å²) in [5.41, 5.74) is 9.33. The number of nitrogen functional groups attached to an aromatic ring is 1. The van der Waals surface area contributed by atoms with Crippen molar-refractivity contribution in [3.05, 3.63) is 35.4 Å². The zero-order valence-electron chi connectivity index (χ0n) is 17.3. The summed E-state index contributed by atoms with van der Waals surface area (Å²) in [5.74, 6) is -1.25. The van der Waals surface area contributed by atoms with Crippen molar-refractivity contribution < 1.29 is 32.2 Å². The van der Waals surface area contributed by atoms with Gasteiger partial charge < -0.3 is 31.6 Å². The van der Waals surface area contributed by atoms with Gasteiger partial charge in [0.2, 0.25) is 17.7 Å². The molecule has 2 amide bonds. The predicted molar refractivity (Wildman–Crippen MR) is 110 cm³/mol. The van der Waals surface area contributed by atoms with Gasteiger partial charge in [-0.05, 0) is 31.0 Å². The number of alkyl halides is 3. The molecule has 0 fully saturated rings. The van der Waals surface area contributed by atoms with Crippen molar-refractivity contribution in [2.75, 3.05) is 30.1 Å². The SMILES string of the molecule is COc1nc(N)nc(N[C@@H](CCCOC(N)=O)C(=O)Nc2cccc(C(F)(F)F)c2)c1C#N. The number of benzene rings is 1. The number of anilines is 3. The summed E-state index contributed by atoms with van der Waals surface area (Å²) in [7, 11) is 1.26. The van der Waals surface area contributed by atoms with E-state index in [0.717, 1.165) is 18.2 Å². The maximum Gasteiger partial charge on any atom is 0.416 e. The molecule has 0 aliphatic carbocycles. The lowest BCUT2D eigenvalue weighted by Gasteiger charge is -2.20. The first kappa shape index (κ1) is 25.0. The van der Waals surface area contributed by atoms with Crippen LogP contribution in [0.1, 0.15) is 24.0 Å². The molecule has 11 nitrogen and oxygen atoms in total. The first-order chi connectivity index (χ1) is 15.5. The zero-order valence-corrected chi connectivity index (χ0v) is 17.3. The minimum Gasteiger partial charge on any atom is -0.480 e. The highest BCUT2D eigenvalue weighted by Crippen LogP contribution is 2.31. The van der Waals surface area contributed by atoms with E-state index in [1.54, 1.807) is 0 Å². The van der Waals surface area contributed by atoms with Gasteiger partial charge in [0.15, 0.2) is 11.4 Å². The van der Waals surface area contributed by atoms with E-state index < -0.39 is 29.8 Å². The monoisotopic (exact) mass is 467 g/mol. The lowest BCUT2D eigenvalue weighted by Crippen LogP contribution is -2.36. The highest BCUT2D eigenvalue weighted by Gasteiger charge is 2.31. The Morgan fingerprint density at radius 2 is 2.03 bits per heavy atom. The van der Waals surface area contributed by atoms with E-state index in [1.807, 2.05) is 6.07 Å². The number of methoxy groups -OCH3 is 1. The van der Waals surface area contributed by atoms with Crippen LogP contribution in [0.15, 0.2) is 24.3 Å². The van der Waals surface area contributed by atoms with Gasteiger partial charge in [-0.15, -0.1) is 0 Å². The maximum atomic E-state index is 13.0. The number of halogens is 3. The van der Waals surface area contributed by atoms with E-state index >= 15 is 0 Å². The van der Waals surface area contributed by atoms with Crippen LogP contribution in [-0.4, -0.2) is 41.7 Å². The Kier molecular flexibility index (Phi) is 8.21. The number of carbonyl (C=O) groups is 2. The van der Waals surface area contributed by atoms with Crippen LogP contribution in [0.4, 0.5) is 35.4 Å². The number of nitrogens with zero attached hydrogens (tertiary/aromatic N) is 3. The number of hydrogen-bond acceptors (Lipinski definition) is 9. The van der Waals surface area contributed by atoms with Crippen LogP contribution < -0.4 is 26.8 Å². The van der Waals surface area contributed by atoms with Gasteiger partial charge in [0.25, 0.3) is 0 Å². The number of hydrogen-bond donors (Lipinski definition) is 4. The van der Waals surface area contributed by atoms with Gasteiger partial charge in [-0.25, -0.2) is 4.79 Å². The van der Waals surface area contributed by atoms with Gasteiger partial charge in [-0.3, -0.25) is 4.79 Å². The summed E-state index contributed by atoms with van der Waals surface area (Å²) in [4.78, 5) is 31.3. The van der Waals surface area contributed by atoms with Crippen LogP contribution in [0.3, 0.4) is 0 Å². The average Bonchev–Trinajstić information content (AvgIpc) is 2.74. The quantitative estimate of drug-likeness (QED) is 0.403. The number of rotatable bonds is 9. The van der Waals surface area contributed by atoms with Crippen molar-refractivity contribution in [2.24, 2.45) is 5.73 Å². The van der Waals surface area contributed by atoms with Crippen LogP contribution in [0, 0.1) is 11.3 Å². The highest BCUT2D eigenvalue weighted by molar-refractivity contribution is 5.96. The summed E-state index contributed by atoms with van der Waals surface area (Å²) >= 11 is 0.